The molecule has 1 aliphatic heterocycles. The summed E-state index contributed by atoms with van der Waals surface area (Å²) in [4.78, 5) is 26.2. The second kappa shape index (κ2) is 6.15. The molecule has 0 bridgehead atoms. The van der Waals surface area contributed by atoms with Crippen molar-refractivity contribution >= 4 is 29.2 Å². The van der Waals surface area contributed by atoms with Crippen LogP contribution in [0.15, 0.2) is 36.4 Å². The van der Waals surface area contributed by atoms with Crippen molar-refractivity contribution in [2.75, 3.05) is 12.0 Å². The molecule has 0 aromatic heterocycles. The van der Waals surface area contributed by atoms with Gasteiger partial charge in [-0.3, -0.25) is 4.79 Å². The van der Waals surface area contributed by atoms with Gasteiger partial charge in [0.1, 0.15) is 5.82 Å². The third-order valence-corrected chi connectivity index (χ3v) is 4.89. The van der Waals surface area contributed by atoms with Crippen molar-refractivity contribution in [3.8, 4) is 0 Å². The molecule has 6 heteroatoms. The summed E-state index contributed by atoms with van der Waals surface area (Å²) >= 11 is 6.11. The third kappa shape index (κ3) is 2.78. The number of carbonyl (C=O) groups is 2. The highest BCUT2D eigenvalue weighted by atomic mass is 35.5. The SMILES string of the molecule is COC(=O)c1ccc2c(c1)N(Cc1c(F)cccc1Cl)C(=O)C2(C)C. The number of nitrogens with zero attached hydrogens (tertiary/aromatic N) is 1. The van der Waals surface area contributed by atoms with Gasteiger partial charge in [-0.15, -0.1) is 0 Å². The van der Waals surface area contributed by atoms with Crippen molar-refractivity contribution in [1.82, 2.24) is 0 Å². The average Bonchev–Trinajstić information content (AvgIpc) is 2.77. The predicted molar refractivity (Wildman–Crippen MR) is 93.4 cm³/mol. The van der Waals surface area contributed by atoms with E-state index in [2.05, 4.69) is 0 Å². The maximum absolute atomic E-state index is 14.2. The van der Waals surface area contributed by atoms with E-state index in [9.17, 15) is 14.0 Å². The molecule has 4 nitrogen and oxygen atoms in total. The summed E-state index contributed by atoms with van der Waals surface area (Å²) in [5.74, 6) is -1.15. The first-order chi connectivity index (χ1) is 11.8. The molecule has 0 atom stereocenters. The van der Waals surface area contributed by atoms with Crippen molar-refractivity contribution < 1.29 is 18.7 Å². The Morgan fingerprint density at radius 2 is 2.00 bits per heavy atom. The second-order valence-electron chi connectivity index (χ2n) is 6.44. The standard InChI is InChI=1S/C19H17ClFNO3/c1-19(2)13-8-7-11(17(23)25-3)9-16(13)22(18(19)24)10-12-14(20)5-4-6-15(12)21/h4-9H,10H2,1-3H3. The molecule has 0 saturated heterocycles. The molecule has 0 saturated carbocycles. The molecule has 0 fully saturated rings. The van der Waals surface area contributed by atoms with Crippen LogP contribution in [-0.4, -0.2) is 19.0 Å². The van der Waals surface area contributed by atoms with Gasteiger partial charge in [0.2, 0.25) is 5.91 Å². The topological polar surface area (TPSA) is 46.6 Å². The van der Waals surface area contributed by atoms with Crippen LogP contribution in [0.1, 0.15) is 35.3 Å². The van der Waals surface area contributed by atoms with E-state index in [1.807, 2.05) is 0 Å². The number of benzene rings is 2. The van der Waals surface area contributed by atoms with Crippen LogP contribution in [0, 0.1) is 5.82 Å². The lowest BCUT2D eigenvalue weighted by atomic mass is 9.86. The monoisotopic (exact) mass is 361 g/mol. The number of anilines is 1. The zero-order valence-electron chi connectivity index (χ0n) is 14.1. The van der Waals surface area contributed by atoms with Gasteiger partial charge in [0.15, 0.2) is 0 Å². The van der Waals surface area contributed by atoms with Gasteiger partial charge in [0.05, 0.1) is 24.6 Å². The predicted octanol–water partition coefficient (Wildman–Crippen LogP) is 4.09. The van der Waals surface area contributed by atoms with Gasteiger partial charge < -0.3 is 9.64 Å². The first kappa shape index (κ1) is 17.4. The maximum atomic E-state index is 14.2. The quantitative estimate of drug-likeness (QED) is 0.773. The molecule has 1 aliphatic rings. The largest absolute Gasteiger partial charge is 0.465 e. The van der Waals surface area contributed by atoms with Crippen molar-refractivity contribution in [2.24, 2.45) is 0 Å². The molecule has 0 spiro atoms. The third-order valence-electron chi connectivity index (χ3n) is 4.54. The van der Waals surface area contributed by atoms with Gasteiger partial charge in [0.25, 0.3) is 0 Å². The molecule has 3 rings (SSSR count). The molecule has 25 heavy (non-hydrogen) atoms. The van der Waals surface area contributed by atoms with E-state index >= 15 is 0 Å². The summed E-state index contributed by atoms with van der Waals surface area (Å²) in [7, 11) is 1.29. The lowest BCUT2D eigenvalue weighted by molar-refractivity contribution is -0.122. The molecule has 1 heterocycles. The summed E-state index contributed by atoms with van der Waals surface area (Å²) in [6.45, 7) is 3.59. The molecular weight excluding hydrogens is 345 g/mol. The van der Waals surface area contributed by atoms with Crippen molar-refractivity contribution in [3.05, 3.63) is 63.9 Å². The summed E-state index contributed by atoms with van der Waals surface area (Å²) in [6.07, 6.45) is 0. The smallest absolute Gasteiger partial charge is 0.337 e. The maximum Gasteiger partial charge on any atom is 0.337 e. The van der Waals surface area contributed by atoms with Crippen molar-refractivity contribution in [2.45, 2.75) is 25.8 Å². The van der Waals surface area contributed by atoms with Crippen LogP contribution in [0.4, 0.5) is 10.1 Å². The van der Waals surface area contributed by atoms with Crippen LogP contribution in [0.25, 0.3) is 0 Å². The minimum Gasteiger partial charge on any atom is -0.465 e. The van der Waals surface area contributed by atoms with E-state index in [1.165, 1.54) is 24.1 Å². The van der Waals surface area contributed by atoms with Crippen LogP contribution in [-0.2, 0) is 21.5 Å². The number of carbonyl (C=O) groups excluding carboxylic acids is 2. The molecule has 130 valence electrons. The number of ether oxygens (including phenoxy) is 1. The Balaban J connectivity index is 2.10. The lowest BCUT2D eigenvalue weighted by Crippen LogP contribution is -2.36. The van der Waals surface area contributed by atoms with Gasteiger partial charge in [-0.25, -0.2) is 9.18 Å². The Morgan fingerprint density at radius 3 is 2.64 bits per heavy atom. The molecular formula is C19H17ClFNO3. The minimum absolute atomic E-state index is 0.00854. The number of rotatable bonds is 3. The number of halogens is 2. The molecule has 0 aliphatic carbocycles. The fourth-order valence-corrected chi connectivity index (χ4v) is 3.31. The molecule has 0 unspecified atom stereocenters. The normalized spacial score (nSPS) is 15.2. The summed E-state index contributed by atoms with van der Waals surface area (Å²) in [5, 5.41) is 0.253. The van der Waals surface area contributed by atoms with Gasteiger partial charge >= 0.3 is 5.97 Å². The average molecular weight is 362 g/mol. The van der Waals surface area contributed by atoms with Crippen LogP contribution < -0.4 is 4.90 Å². The van der Waals surface area contributed by atoms with Gasteiger partial charge in [-0.05, 0) is 43.7 Å². The van der Waals surface area contributed by atoms with Crippen LogP contribution >= 0.6 is 11.6 Å². The van der Waals surface area contributed by atoms with E-state index in [1.54, 1.807) is 38.1 Å². The van der Waals surface area contributed by atoms with Crippen LogP contribution in [0.3, 0.4) is 0 Å². The second-order valence-corrected chi connectivity index (χ2v) is 6.85. The molecule has 2 aromatic rings. The van der Waals surface area contributed by atoms with E-state index in [0.717, 1.165) is 5.56 Å². The number of esters is 1. The molecule has 1 amide bonds. The van der Waals surface area contributed by atoms with Crippen LogP contribution in [0.5, 0.6) is 0 Å². The van der Waals surface area contributed by atoms with Crippen molar-refractivity contribution in [3.63, 3.8) is 0 Å². The Morgan fingerprint density at radius 1 is 1.28 bits per heavy atom. The minimum atomic E-state index is -0.776. The van der Waals surface area contributed by atoms with Crippen molar-refractivity contribution in [1.29, 1.82) is 0 Å². The van der Waals surface area contributed by atoms with Gasteiger partial charge in [-0.1, -0.05) is 23.7 Å². The van der Waals surface area contributed by atoms with Gasteiger partial charge in [-0.2, -0.15) is 0 Å². The zero-order chi connectivity index (χ0) is 18.4. The Kier molecular flexibility index (Phi) is 4.29. The number of methoxy groups -OCH3 is 1. The number of hydrogen-bond acceptors (Lipinski definition) is 3. The molecule has 2 aromatic carbocycles. The summed E-state index contributed by atoms with van der Waals surface area (Å²) in [5.41, 5.74) is 1.14. The van der Waals surface area contributed by atoms with E-state index < -0.39 is 17.2 Å². The summed E-state index contributed by atoms with van der Waals surface area (Å²) < 4.78 is 18.9. The summed E-state index contributed by atoms with van der Waals surface area (Å²) in [6, 6.07) is 9.36. The van der Waals surface area contributed by atoms with E-state index in [4.69, 9.17) is 16.3 Å². The lowest BCUT2D eigenvalue weighted by Gasteiger charge is -2.21. The Bertz CT molecular complexity index is 859. The number of amides is 1. The fraction of sp³-hybridized carbons (Fsp3) is 0.263. The zero-order valence-corrected chi connectivity index (χ0v) is 14.9. The molecule has 0 radical (unpaired) electrons. The number of hydrogen-bond donors (Lipinski definition) is 0. The first-order valence-electron chi connectivity index (χ1n) is 7.75. The molecule has 0 N–H and O–H groups in total. The highest BCUT2D eigenvalue weighted by molar-refractivity contribution is 6.31. The first-order valence-corrected chi connectivity index (χ1v) is 8.13. The van der Waals surface area contributed by atoms with E-state index in [-0.39, 0.29) is 23.0 Å². The Labute approximate surface area is 150 Å². The highest BCUT2D eigenvalue weighted by Crippen LogP contribution is 2.43. The van der Waals surface area contributed by atoms with Crippen LogP contribution in [0.2, 0.25) is 5.02 Å². The Hall–Kier alpha value is -2.40. The van der Waals surface area contributed by atoms with E-state index in [0.29, 0.717) is 11.3 Å². The van der Waals surface area contributed by atoms with Gasteiger partial charge in [0, 0.05) is 16.3 Å². The highest BCUT2D eigenvalue weighted by Gasteiger charge is 2.44. The fourth-order valence-electron chi connectivity index (χ4n) is 3.09. The number of fused-ring (bicyclic) bond motifs is 1.